The van der Waals surface area contributed by atoms with E-state index in [0.29, 0.717) is 19.4 Å². The normalized spacial score (nSPS) is 19.8. The lowest BCUT2D eigenvalue weighted by Crippen LogP contribution is -2.44. The highest BCUT2D eigenvalue weighted by Gasteiger charge is 2.31. The highest BCUT2D eigenvalue weighted by atomic mass is 16.4. The maximum absolute atomic E-state index is 11.2. The number of rotatable bonds is 3. The van der Waals surface area contributed by atoms with Crippen molar-refractivity contribution in [2.24, 2.45) is 5.92 Å². The van der Waals surface area contributed by atoms with Gasteiger partial charge in [-0.3, -0.25) is 4.79 Å². The van der Waals surface area contributed by atoms with Crippen LogP contribution in [0.1, 0.15) is 18.9 Å². The molecule has 18 heavy (non-hydrogen) atoms. The zero-order chi connectivity index (χ0) is 13.1. The molecule has 94 valence electrons. The Kier molecular flexibility index (Phi) is 3.52. The first-order valence-electron chi connectivity index (χ1n) is 6.14. The molecule has 4 heteroatoms. The van der Waals surface area contributed by atoms with Crippen molar-refractivity contribution in [2.75, 3.05) is 11.4 Å². The lowest BCUT2D eigenvalue weighted by molar-refractivity contribution is -0.141. The van der Waals surface area contributed by atoms with Crippen LogP contribution in [0.4, 0.5) is 5.69 Å². The van der Waals surface area contributed by atoms with Crippen LogP contribution in [0.25, 0.3) is 0 Å². The van der Waals surface area contributed by atoms with Gasteiger partial charge >= 0.3 is 5.97 Å². The molecule has 1 aliphatic rings. The topological polar surface area (TPSA) is 64.3 Å². The van der Waals surface area contributed by atoms with Crippen molar-refractivity contribution in [2.45, 2.75) is 25.8 Å². The van der Waals surface area contributed by atoms with E-state index in [1.165, 1.54) is 0 Å². The second-order valence-electron chi connectivity index (χ2n) is 4.57. The summed E-state index contributed by atoms with van der Waals surface area (Å²) in [7, 11) is 0. The molecule has 0 saturated heterocycles. The van der Waals surface area contributed by atoms with Gasteiger partial charge in [-0.2, -0.15) is 5.26 Å². The van der Waals surface area contributed by atoms with E-state index in [0.717, 1.165) is 11.3 Å². The number of fused-ring (bicyclic) bond motifs is 1. The molecule has 1 heterocycles. The third kappa shape index (κ3) is 2.17. The minimum Gasteiger partial charge on any atom is -0.481 e. The number of hydrogen-bond acceptors (Lipinski definition) is 3. The summed E-state index contributed by atoms with van der Waals surface area (Å²) in [6, 6.07) is 9.75. The highest BCUT2D eigenvalue weighted by Crippen LogP contribution is 2.31. The van der Waals surface area contributed by atoms with Gasteiger partial charge < -0.3 is 10.0 Å². The van der Waals surface area contributed by atoms with Crippen LogP contribution >= 0.6 is 0 Å². The molecule has 0 fully saturated rings. The second kappa shape index (κ2) is 5.09. The standard InChI is InChI=1S/C14H16N2O2/c1-2-12(8-15)16-9-11(14(17)18)7-10-5-3-4-6-13(10)16/h3-6,11-12H,2,7,9H2,1H3,(H,17,18). The number of carboxylic acid groups (broad SMARTS) is 1. The first-order valence-corrected chi connectivity index (χ1v) is 6.14. The van der Waals surface area contributed by atoms with Gasteiger partial charge in [0.05, 0.1) is 12.0 Å². The molecule has 1 aromatic rings. The Morgan fingerprint density at radius 1 is 1.61 bits per heavy atom. The van der Waals surface area contributed by atoms with Crippen LogP contribution in [0.5, 0.6) is 0 Å². The van der Waals surface area contributed by atoms with Gasteiger partial charge in [0.15, 0.2) is 0 Å². The van der Waals surface area contributed by atoms with E-state index >= 15 is 0 Å². The Hall–Kier alpha value is -2.02. The molecule has 0 aliphatic carbocycles. The highest BCUT2D eigenvalue weighted by molar-refractivity contribution is 5.74. The van der Waals surface area contributed by atoms with E-state index in [4.69, 9.17) is 0 Å². The number of anilines is 1. The Bertz CT molecular complexity index is 493. The molecule has 2 rings (SSSR count). The number of hydrogen-bond donors (Lipinski definition) is 1. The van der Waals surface area contributed by atoms with Crippen LogP contribution in [-0.2, 0) is 11.2 Å². The van der Waals surface area contributed by atoms with Gasteiger partial charge in [0, 0.05) is 12.2 Å². The quantitative estimate of drug-likeness (QED) is 0.883. The number of benzene rings is 1. The SMILES string of the molecule is CCC(C#N)N1CC(C(=O)O)Cc2ccccc21. The van der Waals surface area contributed by atoms with E-state index in [9.17, 15) is 15.2 Å². The molecule has 0 radical (unpaired) electrons. The average Bonchev–Trinajstić information content (AvgIpc) is 2.39. The summed E-state index contributed by atoms with van der Waals surface area (Å²) in [5, 5.41) is 18.4. The van der Waals surface area contributed by atoms with E-state index in [2.05, 4.69) is 6.07 Å². The van der Waals surface area contributed by atoms with Crippen molar-refractivity contribution in [1.29, 1.82) is 5.26 Å². The third-order valence-electron chi connectivity index (χ3n) is 3.45. The maximum Gasteiger partial charge on any atom is 0.308 e. The first kappa shape index (κ1) is 12.4. The first-order chi connectivity index (χ1) is 8.67. The van der Waals surface area contributed by atoms with Crippen LogP contribution in [-0.4, -0.2) is 23.7 Å². The zero-order valence-electron chi connectivity index (χ0n) is 10.3. The Morgan fingerprint density at radius 3 is 2.94 bits per heavy atom. The fourth-order valence-electron chi connectivity index (χ4n) is 2.47. The summed E-state index contributed by atoms with van der Waals surface area (Å²) in [6.07, 6.45) is 1.24. The molecule has 0 bridgehead atoms. The monoisotopic (exact) mass is 244 g/mol. The second-order valence-corrected chi connectivity index (χ2v) is 4.57. The van der Waals surface area contributed by atoms with Gasteiger partial charge in [0.2, 0.25) is 0 Å². The summed E-state index contributed by atoms with van der Waals surface area (Å²) >= 11 is 0. The number of aliphatic carboxylic acids is 1. The predicted molar refractivity (Wildman–Crippen MR) is 68.3 cm³/mol. The van der Waals surface area contributed by atoms with Crippen molar-refractivity contribution < 1.29 is 9.90 Å². The number of carbonyl (C=O) groups is 1. The average molecular weight is 244 g/mol. The third-order valence-corrected chi connectivity index (χ3v) is 3.45. The molecule has 4 nitrogen and oxygen atoms in total. The van der Waals surface area contributed by atoms with Gasteiger partial charge in [-0.25, -0.2) is 0 Å². The lowest BCUT2D eigenvalue weighted by Gasteiger charge is -2.37. The fraction of sp³-hybridized carbons (Fsp3) is 0.429. The van der Waals surface area contributed by atoms with Gasteiger partial charge in [-0.1, -0.05) is 25.1 Å². The van der Waals surface area contributed by atoms with Crippen molar-refractivity contribution in [3.8, 4) is 6.07 Å². The molecule has 0 amide bonds. The largest absolute Gasteiger partial charge is 0.481 e. The predicted octanol–water partition coefficient (Wildman–Crippen LogP) is 2.05. The summed E-state index contributed by atoms with van der Waals surface area (Å²) in [5.74, 6) is -1.22. The molecule has 1 aromatic carbocycles. The molecule has 0 aromatic heterocycles. The van der Waals surface area contributed by atoms with Crippen LogP contribution in [0.2, 0.25) is 0 Å². The summed E-state index contributed by atoms with van der Waals surface area (Å²) in [5.41, 5.74) is 2.02. The van der Waals surface area contributed by atoms with Gasteiger partial charge in [-0.05, 0) is 24.5 Å². The maximum atomic E-state index is 11.2. The van der Waals surface area contributed by atoms with Crippen LogP contribution in [0, 0.1) is 17.2 Å². The lowest BCUT2D eigenvalue weighted by atomic mass is 9.91. The summed E-state index contributed by atoms with van der Waals surface area (Å²) in [6.45, 7) is 2.36. The molecule has 2 atom stereocenters. The number of carboxylic acids is 1. The Morgan fingerprint density at radius 2 is 2.33 bits per heavy atom. The van der Waals surface area contributed by atoms with Crippen LogP contribution in [0.15, 0.2) is 24.3 Å². The van der Waals surface area contributed by atoms with Gasteiger partial charge in [0.1, 0.15) is 6.04 Å². The molecule has 2 unspecified atom stereocenters. The molecule has 1 N–H and O–H groups in total. The van der Waals surface area contributed by atoms with Crippen molar-refractivity contribution >= 4 is 11.7 Å². The van der Waals surface area contributed by atoms with E-state index in [1.807, 2.05) is 36.1 Å². The van der Waals surface area contributed by atoms with Gasteiger partial charge in [0.25, 0.3) is 0 Å². The van der Waals surface area contributed by atoms with Crippen LogP contribution in [0.3, 0.4) is 0 Å². The zero-order valence-corrected chi connectivity index (χ0v) is 10.3. The van der Waals surface area contributed by atoms with Crippen LogP contribution < -0.4 is 4.90 Å². The smallest absolute Gasteiger partial charge is 0.308 e. The van der Waals surface area contributed by atoms with E-state index in [1.54, 1.807) is 0 Å². The number of nitrogens with zero attached hydrogens (tertiary/aromatic N) is 2. The van der Waals surface area contributed by atoms with Crippen molar-refractivity contribution in [3.05, 3.63) is 29.8 Å². The molecular formula is C14H16N2O2. The summed E-state index contributed by atoms with van der Waals surface area (Å²) in [4.78, 5) is 13.1. The van der Waals surface area contributed by atoms with Gasteiger partial charge in [-0.15, -0.1) is 0 Å². The fourth-order valence-corrected chi connectivity index (χ4v) is 2.47. The van der Waals surface area contributed by atoms with Crippen molar-refractivity contribution in [1.82, 2.24) is 0 Å². The number of para-hydroxylation sites is 1. The Balaban J connectivity index is 2.39. The van der Waals surface area contributed by atoms with Crippen molar-refractivity contribution in [3.63, 3.8) is 0 Å². The molecular weight excluding hydrogens is 228 g/mol. The molecule has 0 spiro atoms. The summed E-state index contributed by atoms with van der Waals surface area (Å²) < 4.78 is 0. The van der Waals surface area contributed by atoms with E-state index in [-0.39, 0.29) is 6.04 Å². The minimum absolute atomic E-state index is 0.256. The minimum atomic E-state index is -0.790. The molecule has 1 aliphatic heterocycles. The van der Waals surface area contributed by atoms with E-state index < -0.39 is 11.9 Å². The Labute approximate surface area is 106 Å². The molecule has 0 saturated carbocycles. The number of nitriles is 1.